The van der Waals surface area contributed by atoms with Crippen molar-refractivity contribution in [3.63, 3.8) is 0 Å². The second kappa shape index (κ2) is 7.22. The zero-order chi connectivity index (χ0) is 14.4. The van der Waals surface area contributed by atoms with E-state index in [1.807, 2.05) is 30.3 Å². The summed E-state index contributed by atoms with van der Waals surface area (Å²) in [5.41, 5.74) is 2.72. The molecule has 0 aliphatic heterocycles. The molecule has 4 heteroatoms. The van der Waals surface area contributed by atoms with Gasteiger partial charge in [0, 0.05) is 18.7 Å². The maximum Gasteiger partial charge on any atom is 0.188 e. The topological polar surface area (TPSA) is 18.5 Å². The van der Waals surface area contributed by atoms with Crippen molar-refractivity contribution in [1.29, 1.82) is 0 Å². The molecule has 0 amide bonds. The molecule has 0 aromatic heterocycles. The summed E-state index contributed by atoms with van der Waals surface area (Å²) in [6.07, 6.45) is 0. The van der Waals surface area contributed by atoms with Gasteiger partial charge in [0.2, 0.25) is 0 Å². The molecule has 20 heavy (non-hydrogen) atoms. The molecule has 0 saturated heterocycles. The maximum atomic E-state index is 13.4. The number of benzene rings is 2. The van der Waals surface area contributed by atoms with Gasteiger partial charge in [-0.1, -0.05) is 46.3 Å². The third kappa shape index (κ3) is 3.46. The quantitative estimate of drug-likeness (QED) is 0.743. The average molecular weight is 337 g/mol. The van der Waals surface area contributed by atoms with Crippen LogP contribution in [-0.2, 0) is 4.74 Å². The first-order valence-corrected chi connectivity index (χ1v) is 6.95. The van der Waals surface area contributed by atoms with E-state index < -0.39 is 0 Å². The summed E-state index contributed by atoms with van der Waals surface area (Å²) in [5, 5.41) is 0. The molecule has 104 valence electrons. The first-order valence-electron chi connectivity index (χ1n) is 6.03. The van der Waals surface area contributed by atoms with Crippen LogP contribution in [0.1, 0.15) is 11.1 Å². The van der Waals surface area contributed by atoms with Gasteiger partial charge in [0.25, 0.3) is 0 Å². The fourth-order valence-corrected chi connectivity index (χ4v) is 2.37. The molecule has 2 aromatic carbocycles. The van der Waals surface area contributed by atoms with Crippen LogP contribution in [0.5, 0.6) is 5.75 Å². The van der Waals surface area contributed by atoms with Gasteiger partial charge in [-0.15, -0.1) is 0 Å². The monoisotopic (exact) mass is 336 g/mol. The predicted octanol–water partition coefficient (Wildman–Crippen LogP) is 4.59. The molecule has 2 aromatic rings. The number of ether oxygens (including phenoxy) is 2. The summed E-state index contributed by atoms with van der Waals surface area (Å²) < 4.78 is 23.7. The molecular weight excluding hydrogens is 323 g/mol. The lowest BCUT2D eigenvalue weighted by Crippen LogP contribution is -2.02. The molecule has 0 saturated carbocycles. The number of hydrogen-bond donors (Lipinski definition) is 0. The third-order valence-corrected chi connectivity index (χ3v) is 3.22. The van der Waals surface area contributed by atoms with Crippen molar-refractivity contribution in [2.45, 2.75) is 0 Å². The third-order valence-electron chi connectivity index (χ3n) is 2.76. The summed E-state index contributed by atoms with van der Waals surface area (Å²) in [6, 6.07) is 14.3. The second-order valence-electron chi connectivity index (χ2n) is 4.08. The van der Waals surface area contributed by atoms with Gasteiger partial charge < -0.3 is 9.47 Å². The minimum atomic E-state index is -0.346. The van der Waals surface area contributed by atoms with Crippen molar-refractivity contribution in [3.05, 3.63) is 70.5 Å². The lowest BCUT2D eigenvalue weighted by Gasteiger charge is -2.13. The van der Waals surface area contributed by atoms with Crippen molar-refractivity contribution in [3.8, 4) is 5.75 Å². The number of halogens is 2. The summed E-state index contributed by atoms with van der Waals surface area (Å²) in [7, 11) is 1.53. The van der Waals surface area contributed by atoms with E-state index in [4.69, 9.17) is 9.47 Å². The zero-order valence-corrected chi connectivity index (χ0v) is 12.6. The molecule has 0 spiro atoms. The Balaban J connectivity index is 2.44. The Hall–Kier alpha value is -1.65. The van der Waals surface area contributed by atoms with Crippen LogP contribution >= 0.6 is 15.9 Å². The Kier molecular flexibility index (Phi) is 5.32. The van der Waals surface area contributed by atoms with E-state index in [2.05, 4.69) is 15.9 Å². The van der Waals surface area contributed by atoms with Crippen molar-refractivity contribution in [1.82, 2.24) is 0 Å². The number of methoxy groups -OCH3 is 1. The van der Waals surface area contributed by atoms with Crippen LogP contribution in [0.2, 0.25) is 0 Å². The van der Waals surface area contributed by atoms with Gasteiger partial charge in [-0.25, -0.2) is 4.39 Å². The van der Waals surface area contributed by atoms with Gasteiger partial charge in [-0.05, 0) is 28.3 Å². The Morgan fingerprint density at radius 3 is 2.60 bits per heavy atom. The first-order chi connectivity index (χ1) is 9.76. The highest BCUT2D eigenvalue weighted by atomic mass is 79.9. The van der Waals surface area contributed by atoms with Gasteiger partial charge in [0.05, 0.1) is 0 Å². The average Bonchev–Trinajstić information content (AvgIpc) is 2.49. The smallest absolute Gasteiger partial charge is 0.188 e. The van der Waals surface area contributed by atoms with E-state index in [1.54, 1.807) is 11.1 Å². The highest BCUT2D eigenvalue weighted by Crippen LogP contribution is 2.32. The van der Waals surface area contributed by atoms with Gasteiger partial charge >= 0.3 is 0 Å². The van der Waals surface area contributed by atoms with Gasteiger partial charge in [-0.3, -0.25) is 0 Å². The van der Waals surface area contributed by atoms with E-state index in [0.717, 1.165) is 16.7 Å². The maximum absolute atomic E-state index is 13.4. The predicted molar refractivity (Wildman–Crippen MR) is 81.4 cm³/mol. The van der Waals surface area contributed by atoms with E-state index >= 15 is 0 Å². The van der Waals surface area contributed by atoms with Crippen LogP contribution < -0.4 is 4.74 Å². The SMILES string of the molecule is COCOc1cc(F)ccc1C(=CBr)c1ccccc1. The lowest BCUT2D eigenvalue weighted by atomic mass is 9.99. The molecular formula is C16H14BrFO2. The number of hydrogen-bond acceptors (Lipinski definition) is 2. The van der Waals surface area contributed by atoms with Crippen LogP contribution in [0, 0.1) is 5.82 Å². The highest BCUT2D eigenvalue weighted by Gasteiger charge is 2.12. The molecule has 0 bridgehead atoms. The van der Waals surface area contributed by atoms with Crippen LogP contribution in [0.4, 0.5) is 4.39 Å². The van der Waals surface area contributed by atoms with Crippen molar-refractivity contribution in [2.75, 3.05) is 13.9 Å². The Morgan fingerprint density at radius 2 is 1.95 bits per heavy atom. The van der Waals surface area contributed by atoms with Crippen molar-refractivity contribution >= 4 is 21.5 Å². The van der Waals surface area contributed by atoms with E-state index in [-0.39, 0.29) is 12.6 Å². The van der Waals surface area contributed by atoms with Crippen LogP contribution in [-0.4, -0.2) is 13.9 Å². The van der Waals surface area contributed by atoms with Crippen LogP contribution in [0.25, 0.3) is 5.57 Å². The van der Waals surface area contributed by atoms with Crippen molar-refractivity contribution in [2.24, 2.45) is 0 Å². The minimum Gasteiger partial charge on any atom is -0.467 e. The summed E-state index contributed by atoms with van der Waals surface area (Å²) in [6.45, 7) is 0.0702. The lowest BCUT2D eigenvalue weighted by molar-refractivity contribution is 0.0507. The minimum absolute atomic E-state index is 0.0702. The van der Waals surface area contributed by atoms with Gasteiger partial charge in [-0.2, -0.15) is 0 Å². The molecule has 2 nitrogen and oxygen atoms in total. The van der Waals surface area contributed by atoms with E-state index in [1.165, 1.54) is 19.2 Å². The van der Waals surface area contributed by atoms with Gasteiger partial charge in [0.1, 0.15) is 11.6 Å². The standard InChI is InChI=1S/C16H14BrFO2/c1-19-11-20-16-9-13(18)7-8-14(16)15(10-17)12-5-3-2-4-6-12/h2-10H,11H2,1H3. The van der Waals surface area contributed by atoms with Crippen molar-refractivity contribution < 1.29 is 13.9 Å². The van der Waals surface area contributed by atoms with E-state index in [0.29, 0.717) is 5.75 Å². The van der Waals surface area contributed by atoms with Crippen LogP contribution in [0.3, 0.4) is 0 Å². The molecule has 0 aliphatic carbocycles. The molecule has 0 atom stereocenters. The largest absolute Gasteiger partial charge is 0.467 e. The summed E-state index contributed by atoms with van der Waals surface area (Å²) in [5.74, 6) is 0.100. The van der Waals surface area contributed by atoms with E-state index in [9.17, 15) is 4.39 Å². The Morgan fingerprint density at radius 1 is 1.20 bits per heavy atom. The van der Waals surface area contributed by atoms with Crippen LogP contribution in [0.15, 0.2) is 53.5 Å². The first kappa shape index (κ1) is 14.8. The second-order valence-corrected chi connectivity index (χ2v) is 4.54. The molecule has 0 aliphatic rings. The molecule has 0 N–H and O–H groups in total. The molecule has 2 rings (SSSR count). The molecule has 0 heterocycles. The fourth-order valence-electron chi connectivity index (χ4n) is 1.86. The fraction of sp³-hybridized carbons (Fsp3) is 0.125. The summed E-state index contributed by atoms with van der Waals surface area (Å²) >= 11 is 3.37. The molecule has 0 unspecified atom stereocenters. The zero-order valence-electron chi connectivity index (χ0n) is 11.0. The van der Waals surface area contributed by atoms with Gasteiger partial charge in [0.15, 0.2) is 6.79 Å². The Labute approximate surface area is 126 Å². The highest BCUT2D eigenvalue weighted by molar-refractivity contribution is 9.11. The Bertz CT molecular complexity index is 597. The number of rotatable bonds is 5. The molecule has 0 fully saturated rings. The normalized spacial score (nSPS) is 11.4. The summed E-state index contributed by atoms with van der Waals surface area (Å²) in [4.78, 5) is 1.80. The molecule has 0 radical (unpaired) electrons.